The molecule has 0 aromatic heterocycles. The van der Waals surface area contributed by atoms with Gasteiger partial charge in [0.1, 0.15) is 0 Å². The Bertz CT molecular complexity index is 129. The van der Waals surface area contributed by atoms with Crippen molar-refractivity contribution in [2.24, 2.45) is 11.8 Å². The fraction of sp³-hybridized carbons (Fsp3) is 0.556. The third-order valence-corrected chi connectivity index (χ3v) is 1.87. The molecular formula is C9H14. The molecule has 0 fully saturated rings. The van der Waals surface area contributed by atoms with Crippen molar-refractivity contribution in [1.29, 1.82) is 0 Å². The molecule has 0 amide bonds. The molecule has 50 valence electrons. The largest absolute Gasteiger partial charge is 0.0840 e. The van der Waals surface area contributed by atoms with E-state index in [0.29, 0.717) is 0 Å². The van der Waals surface area contributed by atoms with Gasteiger partial charge in [-0.15, -0.1) is 0 Å². The highest BCUT2D eigenvalue weighted by molar-refractivity contribution is 5.11. The summed E-state index contributed by atoms with van der Waals surface area (Å²) in [6, 6.07) is 0. The first-order chi connectivity index (χ1) is 4.30. The van der Waals surface area contributed by atoms with E-state index in [1.165, 1.54) is 6.42 Å². The molecule has 0 spiro atoms. The van der Waals surface area contributed by atoms with Crippen molar-refractivity contribution in [1.82, 2.24) is 0 Å². The minimum absolute atomic E-state index is 0.787. The van der Waals surface area contributed by atoms with Crippen LogP contribution in [0.1, 0.15) is 20.3 Å². The molecule has 9 heavy (non-hydrogen) atoms. The van der Waals surface area contributed by atoms with Crippen LogP contribution in [-0.2, 0) is 0 Å². The minimum atomic E-state index is 0.787. The summed E-state index contributed by atoms with van der Waals surface area (Å²) in [5.41, 5.74) is 0. The first kappa shape index (κ1) is 6.60. The van der Waals surface area contributed by atoms with Gasteiger partial charge in [0.05, 0.1) is 0 Å². The lowest BCUT2D eigenvalue weighted by molar-refractivity contribution is 0.467. The Morgan fingerprint density at radius 2 is 2.11 bits per heavy atom. The Balaban J connectivity index is 2.46. The SMILES string of the molecule is CC(C)[C@H]1C=CC=CC1. The van der Waals surface area contributed by atoms with Crippen LogP contribution in [0.15, 0.2) is 24.3 Å². The summed E-state index contributed by atoms with van der Waals surface area (Å²) in [7, 11) is 0. The summed E-state index contributed by atoms with van der Waals surface area (Å²) in [4.78, 5) is 0. The standard InChI is InChI=1S/C9H14/c1-8(2)9-6-4-3-5-7-9/h3-6,8-9H,7H2,1-2H3/t9-/m0/s1. The maximum atomic E-state index is 2.30. The quantitative estimate of drug-likeness (QED) is 0.501. The van der Waals surface area contributed by atoms with E-state index in [0.717, 1.165) is 11.8 Å². The molecule has 0 bridgehead atoms. The zero-order valence-corrected chi connectivity index (χ0v) is 6.17. The zero-order chi connectivity index (χ0) is 6.69. The summed E-state index contributed by atoms with van der Waals surface area (Å²) < 4.78 is 0. The topological polar surface area (TPSA) is 0 Å². The second-order valence-electron chi connectivity index (χ2n) is 2.96. The number of allylic oxidation sites excluding steroid dienone is 4. The normalized spacial score (nSPS) is 25.4. The number of rotatable bonds is 1. The van der Waals surface area contributed by atoms with Crippen LogP contribution < -0.4 is 0 Å². The van der Waals surface area contributed by atoms with Gasteiger partial charge in [-0.05, 0) is 18.3 Å². The molecule has 0 N–H and O–H groups in total. The summed E-state index contributed by atoms with van der Waals surface area (Å²) in [6.45, 7) is 4.54. The van der Waals surface area contributed by atoms with Crippen molar-refractivity contribution in [3.8, 4) is 0 Å². The van der Waals surface area contributed by atoms with Gasteiger partial charge in [-0.2, -0.15) is 0 Å². The van der Waals surface area contributed by atoms with Crippen molar-refractivity contribution in [3.05, 3.63) is 24.3 Å². The summed E-state index contributed by atoms with van der Waals surface area (Å²) in [6.07, 6.45) is 10.0. The molecule has 0 nitrogen and oxygen atoms in total. The summed E-state index contributed by atoms with van der Waals surface area (Å²) >= 11 is 0. The molecule has 0 heteroatoms. The van der Waals surface area contributed by atoms with Crippen LogP contribution in [0.4, 0.5) is 0 Å². The highest BCUT2D eigenvalue weighted by Gasteiger charge is 2.08. The van der Waals surface area contributed by atoms with Crippen LogP contribution in [0.5, 0.6) is 0 Å². The van der Waals surface area contributed by atoms with Crippen LogP contribution >= 0.6 is 0 Å². The van der Waals surface area contributed by atoms with E-state index in [-0.39, 0.29) is 0 Å². The first-order valence-corrected chi connectivity index (χ1v) is 3.64. The predicted molar refractivity (Wildman–Crippen MR) is 41.2 cm³/mol. The monoisotopic (exact) mass is 122 g/mol. The van der Waals surface area contributed by atoms with Crippen LogP contribution in [0.25, 0.3) is 0 Å². The fourth-order valence-corrected chi connectivity index (χ4v) is 1.09. The van der Waals surface area contributed by atoms with E-state index in [1.807, 2.05) is 0 Å². The lowest BCUT2D eigenvalue weighted by Crippen LogP contribution is -2.05. The Labute approximate surface area is 57.3 Å². The van der Waals surface area contributed by atoms with Crippen molar-refractivity contribution >= 4 is 0 Å². The molecule has 0 aromatic carbocycles. The van der Waals surface area contributed by atoms with Gasteiger partial charge in [-0.1, -0.05) is 38.2 Å². The van der Waals surface area contributed by atoms with Gasteiger partial charge >= 0.3 is 0 Å². The molecule has 0 saturated carbocycles. The fourth-order valence-electron chi connectivity index (χ4n) is 1.09. The molecule has 0 aliphatic heterocycles. The van der Waals surface area contributed by atoms with Crippen molar-refractivity contribution in [3.63, 3.8) is 0 Å². The molecule has 1 atom stereocenters. The second-order valence-corrected chi connectivity index (χ2v) is 2.96. The van der Waals surface area contributed by atoms with E-state index in [9.17, 15) is 0 Å². The molecule has 1 rings (SSSR count). The van der Waals surface area contributed by atoms with Gasteiger partial charge in [0.15, 0.2) is 0 Å². The van der Waals surface area contributed by atoms with Crippen molar-refractivity contribution in [2.75, 3.05) is 0 Å². The van der Waals surface area contributed by atoms with E-state index < -0.39 is 0 Å². The molecule has 0 aromatic rings. The highest BCUT2D eigenvalue weighted by Crippen LogP contribution is 2.19. The summed E-state index contributed by atoms with van der Waals surface area (Å²) in [5.74, 6) is 1.58. The smallest absolute Gasteiger partial charge is 0.0173 e. The lowest BCUT2D eigenvalue weighted by Gasteiger charge is -2.15. The maximum Gasteiger partial charge on any atom is -0.0173 e. The zero-order valence-electron chi connectivity index (χ0n) is 6.17. The highest BCUT2D eigenvalue weighted by atomic mass is 14.1. The predicted octanol–water partition coefficient (Wildman–Crippen LogP) is 2.77. The Hall–Kier alpha value is -0.520. The average molecular weight is 122 g/mol. The van der Waals surface area contributed by atoms with Gasteiger partial charge in [0, 0.05) is 0 Å². The third-order valence-electron chi connectivity index (χ3n) is 1.87. The lowest BCUT2D eigenvalue weighted by atomic mass is 9.90. The third kappa shape index (κ3) is 1.70. The Kier molecular flexibility index (Phi) is 2.10. The van der Waals surface area contributed by atoms with Gasteiger partial charge in [0.2, 0.25) is 0 Å². The average Bonchev–Trinajstić information content (AvgIpc) is 1.90. The molecule has 0 unspecified atom stereocenters. The van der Waals surface area contributed by atoms with Crippen LogP contribution in [0, 0.1) is 11.8 Å². The van der Waals surface area contributed by atoms with Gasteiger partial charge in [-0.25, -0.2) is 0 Å². The van der Waals surface area contributed by atoms with E-state index in [4.69, 9.17) is 0 Å². The molecule has 1 aliphatic carbocycles. The minimum Gasteiger partial charge on any atom is -0.0840 e. The van der Waals surface area contributed by atoms with Crippen LogP contribution in [0.2, 0.25) is 0 Å². The molecule has 1 aliphatic rings. The number of hydrogen-bond acceptors (Lipinski definition) is 0. The van der Waals surface area contributed by atoms with Crippen molar-refractivity contribution in [2.45, 2.75) is 20.3 Å². The molecular weight excluding hydrogens is 108 g/mol. The molecule has 0 saturated heterocycles. The maximum absolute atomic E-state index is 2.30. The Morgan fingerprint density at radius 1 is 1.33 bits per heavy atom. The van der Waals surface area contributed by atoms with E-state index in [2.05, 4.69) is 38.2 Å². The summed E-state index contributed by atoms with van der Waals surface area (Å²) in [5, 5.41) is 0. The molecule has 0 heterocycles. The Morgan fingerprint density at radius 3 is 2.44 bits per heavy atom. The van der Waals surface area contributed by atoms with Gasteiger partial charge in [-0.3, -0.25) is 0 Å². The number of hydrogen-bond donors (Lipinski definition) is 0. The second kappa shape index (κ2) is 2.86. The van der Waals surface area contributed by atoms with Crippen molar-refractivity contribution < 1.29 is 0 Å². The van der Waals surface area contributed by atoms with E-state index >= 15 is 0 Å². The van der Waals surface area contributed by atoms with Crippen LogP contribution in [0.3, 0.4) is 0 Å². The van der Waals surface area contributed by atoms with E-state index in [1.54, 1.807) is 0 Å². The first-order valence-electron chi connectivity index (χ1n) is 3.64. The van der Waals surface area contributed by atoms with Crippen LogP contribution in [-0.4, -0.2) is 0 Å². The van der Waals surface area contributed by atoms with Gasteiger partial charge < -0.3 is 0 Å². The van der Waals surface area contributed by atoms with Gasteiger partial charge in [0.25, 0.3) is 0 Å². The molecule has 0 radical (unpaired) electrons.